The van der Waals surface area contributed by atoms with Crippen LogP contribution in [0.2, 0.25) is 0 Å². The van der Waals surface area contributed by atoms with Crippen molar-refractivity contribution < 1.29 is 19.1 Å². The summed E-state index contributed by atoms with van der Waals surface area (Å²) in [6, 6.07) is 4.71. The van der Waals surface area contributed by atoms with Gasteiger partial charge in [0.05, 0.1) is 14.2 Å². The van der Waals surface area contributed by atoms with Gasteiger partial charge in [0.1, 0.15) is 0 Å². The molecule has 42 heavy (non-hydrogen) atoms. The molecule has 0 aliphatic rings. The molecular formula is C38H66O4. The maximum atomic E-state index is 12.0. The third-order valence-electron chi connectivity index (χ3n) is 8.77. The highest BCUT2D eigenvalue weighted by atomic mass is 16.5. The number of unbranched alkanes of at least 4 members (excludes halogenated alkanes) is 18. The van der Waals surface area contributed by atoms with Crippen LogP contribution in [0.15, 0.2) is 12.1 Å². The Morgan fingerprint density at radius 2 is 0.690 bits per heavy atom. The van der Waals surface area contributed by atoms with Crippen molar-refractivity contribution in [2.75, 3.05) is 14.2 Å². The topological polar surface area (TPSA) is 52.6 Å². The first-order valence-electron chi connectivity index (χ1n) is 17.8. The Morgan fingerprint density at radius 1 is 0.429 bits per heavy atom. The van der Waals surface area contributed by atoms with E-state index in [9.17, 15) is 9.59 Å². The van der Waals surface area contributed by atoms with Gasteiger partial charge >= 0.3 is 11.9 Å². The number of carbonyl (C=O) groups is 2. The summed E-state index contributed by atoms with van der Waals surface area (Å²) in [6.45, 7) is 4.55. The predicted molar refractivity (Wildman–Crippen MR) is 178 cm³/mol. The number of methoxy groups -OCH3 is 2. The number of aryl methyl sites for hydroxylation is 4. The average molecular weight is 587 g/mol. The van der Waals surface area contributed by atoms with Crippen LogP contribution in [-0.2, 0) is 44.7 Å². The number of carbonyl (C=O) groups excluding carboxylic acids is 2. The average Bonchev–Trinajstić information content (AvgIpc) is 3.01. The molecule has 0 amide bonds. The van der Waals surface area contributed by atoms with Crippen molar-refractivity contribution in [3.05, 3.63) is 34.4 Å². The molecule has 0 heterocycles. The molecule has 0 aromatic heterocycles. The van der Waals surface area contributed by atoms with Crippen molar-refractivity contribution in [1.82, 2.24) is 0 Å². The van der Waals surface area contributed by atoms with Crippen LogP contribution in [0.25, 0.3) is 0 Å². The molecule has 0 unspecified atom stereocenters. The van der Waals surface area contributed by atoms with Gasteiger partial charge in [-0.15, -0.1) is 0 Å². The number of ether oxygens (including phenoxy) is 2. The zero-order valence-corrected chi connectivity index (χ0v) is 28.2. The van der Waals surface area contributed by atoms with E-state index in [4.69, 9.17) is 9.47 Å². The van der Waals surface area contributed by atoms with Crippen LogP contribution in [0, 0.1) is 0 Å². The van der Waals surface area contributed by atoms with Gasteiger partial charge < -0.3 is 9.47 Å². The van der Waals surface area contributed by atoms with E-state index in [1.165, 1.54) is 165 Å². The third-order valence-corrected chi connectivity index (χ3v) is 8.77. The first kappa shape index (κ1) is 38.2. The maximum Gasteiger partial charge on any atom is 0.305 e. The quantitative estimate of drug-likeness (QED) is 0.0724. The minimum atomic E-state index is -0.147. The second-order valence-electron chi connectivity index (χ2n) is 12.4. The molecule has 0 bridgehead atoms. The monoisotopic (exact) mass is 586 g/mol. The lowest BCUT2D eigenvalue weighted by molar-refractivity contribution is -0.141. The zero-order valence-electron chi connectivity index (χ0n) is 28.2. The molecule has 1 aromatic rings. The van der Waals surface area contributed by atoms with Crippen molar-refractivity contribution in [2.24, 2.45) is 0 Å². The molecule has 1 rings (SSSR count). The smallest absolute Gasteiger partial charge is 0.305 e. The summed E-state index contributed by atoms with van der Waals surface area (Å²) in [5, 5.41) is 0. The zero-order chi connectivity index (χ0) is 30.7. The van der Waals surface area contributed by atoms with Crippen LogP contribution in [0.1, 0.15) is 177 Å². The van der Waals surface area contributed by atoms with E-state index in [2.05, 4.69) is 26.0 Å². The lowest BCUT2D eigenvalue weighted by Gasteiger charge is -2.17. The van der Waals surface area contributed by atoms with Gasteiger partial charge in [0, 0.05) is 12.8 Å². The number of esters is 2. The molecule has 242 valence electrons. The van der Waals surface area contributed by atoms with E-state index in [-0.39, 0.29) is 11.9 Å². The SMILES string of the molecule is CCCCCCCCCCCCc1cc(CCC(=O)OC)c(CCCCCCCCCCCC)cc1CCC(=O)OC. The minimum Gasteiger partial charge on any atom is -0.469 e. The summed E-state index contributed by atoms with van der Waals surface area (Å²) in [4.78, 5) is 24.0. The molecule has 0 fully saturated rings. The van der Waals surface area contributed by atoms with Crippen molar-refractivity contribution in [3.63, 3.8) is 0 Å². The van der Waals surface area contributed by atoms with E-state index < -0.39 is 0 Å². The first-order valence-corrected chi connectivity index (χ1v) is 17.8. The summed E-state index contributed by atoms with van der Waals surface area (Å²) >= 11 is 0. The molecule has 0 N–H and O–H groups in total. The fraction of sp³-hybridized carbons (Fsp3) is 0.789. The standard InChI is InChI=1S/C38H66O4/c1-5-7-9-11-13-15-17-19-21-23-25-33-31-36(28-30-38(40)42-4)34(32-35(33)27-29-37(39)41-3)26-24-22-20-18-16-14-12-10-8-6-2/h31-32H,5-30H2,1-4H3. The fourth-order valence-corrected chi connectivity index (χ4v) is 6.01. The summed E-state index contributed by atoms with van der Waals surface area (Å²) in [6.07, 6.45) is 30.9. The molecule has 1 aromatic carbocycles. The van der Waals surface area contributed by atoms with E-state index in [1.54, 1.807) is 0 Å². The summed E-state index contributed by atoms with van der Waals surface area (Å²) < 4.78 is 9.92. The lowest BCUT2D eigenvalue weighted by atomic mass is 9.88. The maximum absolute atomic E-state index is 12.0. The van der Waals surface area contributed by atoms with E-state index in [0.29, 0.717) is 12.8 Å². The highest BCUT2D eigenvalue weighted by Gasteiger charge is 2.14. The fourth-order valence-electron chi connectivity index (χ4n) is 6.01. The Kier molecular flexibility index (Phi) is 24.3. The summed E-state index contributed by atoms with van der Waals surface area (Å²) in [5.74, 6) is -0.295. The molecule has 0 aliphatic carbocycles. The Hall–Kier alpha value is -1.84. The molecule has 4 nitrogen and oxygen atoms in total. The number of hydrogen-bond donors (Lipinski definition) is 0. The van der Waals surface area contributed by atoms with Crippen LogP contribution in [0.5, 0.6) is 0 Å². The van der Waals surface area contributed by atoms with Gasteiger partial charge in [0.2, 0.25) is 0 Å². The Labute approximate surface area is 260 Å². The first-order chi connectivity index (χ1) is 20.5. The van der Waals surface area contributed by atoms with Crippen molar-refractivity contribution in [3.8, 4) is 0 Å². The Bertz CT molecular complexity index is 748. The predicted octanol–water partition coefficient (Wildman–Crippen LogP) is 10.8. The van der Waals surface area contributed by atoms with Gasteiger partial charge in [-0.3, -0.25) is 9.59 Å². The molecule has 0 radical (unpaired) electrons. The van der Waals surface area contributed by atoms with E-state index in [1.807, 2.05) is 0 Å². The molecule has 0 spiro atoms. The molecule has 0 aliphatic heterocycles. The largest absolute Gasteiger partial charge is 0.469 e. The summed E-state index contributed by atoms with van der Waals surface area (Å²) in [5.41, 5.74) is 5.29. The van der Waals surface area contributed by atoms with Crippen molar-refractivity contribution in [1.29, 1.82) is 0 Å². The van der Waals surface area contributed by atoms with Gasteiger partial charge in [-0.1, -0.05) is 142 Å². The van der Waals surface area contributed by atoms with Gasteiger partial charge in [-0.25, -0.2) is 0 Å². The van der Waals surface area contributed by atoms with Crippen molar-refractivity contribution >= 4 is 11.9 Å². The Morgan fingerprint density at radius 3 is 0.976 bits per heavy atom. The van der Waals surface area contributed by atoms with Crippen molar-refractivity contribution in [2.45, 2.75) is 181 Å². The van der Waals surface area contributed by atoms with E-state index in [0.717, 1.165) is 25.7 Å². The number of rotatable bonds is 28. The van der Waals surface area contributed by atoms with Gasteiger partial charge in [-0.05, 0) is 60.8 Å². The lowest BCUT2D eigenvalue weighted by Crippen LogP contribution is -2.08. The summed E-state index contributed by atoms with van der Waals surface area (Å²) in [7, 11) is 2.94. The number of benzene rings is 1. The highest BCUT2D eigenvalue weighted by molar-refractivity contribution is 5.70. The van der Waals surface area contributed by atoms with Crippen LogP contribution < -0.4 is 0 Å². The second kappa shape index (κ2) is 26.8. The number of hydrogen-bond acceptors (Lipinski definition) is 4. The van der Waals surface area contributed by atoms with Crippen LogP contribution in [0.3, 0.4) is 0 Å². The molecular weight excluding hydrogens is 520 g/mol. The molecule has 0 saturated carbocycles. The van der Waals surface area contributed by atoms with E-state index >= 15 is 0 Å². The van der Waals surface area contributed by atoms with Crippen LogP contribution >= 0.6 is 0 Å². The second-order valence-corrected chi connectivity index (χ2v) is 12.4. The third kappa shape index (κ3) is 19.4. The molecule has 0 atom stereocenters. The highest BCUT2D eigenvalue weighted by Crippen LogP contribution is 2.25. The van der Waals surface area contributed by atoms with Crippen LogP contribution in [0.4, 0.5) is 0 Å². The molecule has 4 heteroatoms. The van der Waals surface area contributed by atoms with Gasteiger partial charge in [0.15, 0.2) is 0 Å². The minimum absolute atomic E-state index is 0.147. The van der Waals surface area contributed by atoms with Crippen LogP contribution in [-0.4, -0.2) is 26.2 Å². The molecule has 0 saturated heterocycles. The van der Waals surface area contributed by atoms with Gasteiger partial charge in [0.25, 0.3) is 0 Å². The Balaban J connectivity index is 2.74. The van der Waals surface area contributed by atoms with Gasteiger partial charge in [-0.2, -0.15) is 0 Å². The normalized spacial score (nSPS) is 11.1.